The molecule has 1 saturated carbocycles. The first-order chi connectivity index (χ1) is 16.0. The molecule has 1 aliphatic carbocycles. The molecule has 0 bridgehead atoms. The molecule has 4 heterocycles. The lowest BCUT2D eigenvalue weighted by molar-refractivity contribution is -0.129. The van der Waals surface area contributed by atoms with Gasteiger partial charge in [-0.1, -0.05) is 13.8 Å². The minimum absolute atomic E-state index is 0.0324. The Morgan fingerprint density at radius 2 is 1.85 bits per heavy atom. The third-order valence-electron chi connectivity index (χ3n) is 6.98. The highest BCUT2D eigenvalue weighted by atomic mass is 16.2. The van der Waals surface area contributed by atoms with Gasteiger partial charge in [0, 0.05) is 62.3 Å². The number of pyridine rings is 1. The van der Waals surface area contributed by atoms with Gasteiger partial charge in [-0.2, -0.15) is 0 Å². The van der Waals surface area contributed by atoms with E-state index < -0.39 is 0 Å². The van der Waals surface area contributed by atoms with Crippen molar-refractivity contribution in [3.63, 3.8) is 0 Å². The number of carbonyl (C=O) groups is 2. The van der Waals surface area contributed by atoms with E-state index in [1.165, 1.54) is 0 Å². The van der Waals surface area contributed by atoms with Crippen molar-refractivity contribution in [2.24, 2.45) is 5.92 Å². The summed E-state index contributed by atoms with van der Waals surface area (Å²) in [6.45, 7) is 6.49. The van der Waals surface area contributed by atoms with Crippen molar-refractivity contribution in [1.29, 1.82) is 0 Å². The number of rotatable bonds is 6. The van der Waals surface area contributed by atoms with Crippen molar-refractivity contribution >= 4 is 17.8 Å². The first kappa shape index (κ1) is 21.8. The van der Waals surface area contributed by atoms with Crippen LogP contribution in [-0.4, -0.2) is 63.4 Å². The number of carbonyl (C=O) groups excluding carboxylic acids is 2. The van der Waals surface area contributed by atoms with Crippen molar-refractivity contribution in [1.82, 2.24) is 25.2 Å². The van der Waals surface area contributed by atoms with E-state index in [4.69, 9.17) is 4.98 Å². The zero-order chi connectivity index (χ0) is 22.9. The van der Waals surface area contributed by atoms with Crippen LogP contribution < -0.4 is 10.2 Å². The fraction of sp³-hybridized carbons (Fsp3) is 0.560. The molecule has 2 saturated heterocycles. The zero-order valence-corrected chi connectivity index (χ0v) is 19.4. The summed E-state index contributed by atoms with van der Waals surface area (Å²) in [7, 11) is 0. The zero-order valence-electron chi connectivity index (χ0n) is 19.4. The van der Waals surface area contributed by atoms with Crippen LogP contribution in [0.3, 0.4) is 0 Å². The molecule has 3 fully saturated rings. The van der Waals surface area contributed by atoms with Gasteiger partial charge in [-0.3, -0.25) is 14.6 Å². The number of likely N-dealkylation sites (tertiary alicyclic amines) is 1. The molecule has 5 rings (SSSR count). The molecule has 8 nitrogen and oxygen atoms in total. The predicted octanol–water partition coefficient (Wildman–Crippen LogP) is 2.76. The molecule has 1 N–H and O–H groups in total. The number of anilines is 1. The molecule has 3 aliphatic rings. The molecule has 8 heteroatoms. The molecule has 174 valence electrons. The Balaban J connectivity index is 1.19. The molecule has 33 heavy (non-hydrogen) atoms. The van der Waals surface area contributed by atoms with Gasteiger partial charge in [-0.15, -0.1) is 0 Å². The summed E-state index contributed by atoms with van der Waals surface area (Å²) in [6, 6.07) is 4.50. The number of hydrogen-bond acceptors (Lipinski definition) is 6. The van der Waals surface area contributed by atoms with E-state index in [0.29, 0.717) is 19.0 Å². The number of amides is 2. The van der Waals surface area contributed by atoms with Crippen LogP contribution >= 0.6 is 0 Å². The number of nitrogens with one attached hydrogen (secondary N) is 1. The Morgan fingerprint density at radius 3 is 2.52 bits per heavy atom. The molecule has 2 amide bonds. The number of aromatic nitrogens is 3. The third-order valence-corrected chi connectivity index (χ3v) is 6.98. The van der Waals surface area contributed by atoms with Crippen LogP contribution in [0.4, 0.5) is 5.95 Å². The van der Waals surface area contributed by atoms with Crippen molar-refractivity contribution in [3.05, 3.63) is 36.4 Å². The molecule has 1 unspecified atom stereocenters. The normalized spacial score (nSPS) is 21.7. The van der Waals surface area contributed by atoms with Gasteiger partial charge in [0.2, 0.25) is 17.8 Å². The Hall–Kier alpha value is -3.03. The summed E-state index contributed by atoms with van der Waals surface area (Å²) in [6.07, 6.45) is 9.73. The van der Waals surface area contributed by atoms with Gasteiger partial charge in [0.15, 0.2) is 0 Å². The highest BCUT2D eigenvalue weighted by Gasteiger charge is 2.42. The smallest absolute Gasteiger partial charge is 0.225 e. The summed E-state index contributed by atoms with van der Waals surface area (Å²) in [5.41, 5.74) is 3.16. The van der Waals surface area contributed by atoms with Gasteiger partial charge in [0.25, 0.3) is 0 Å². The molecular weight excluding hydrogens is 416 g/mol. The lowest BCUT2D eigenvalue weighted by Gasteiger charge is -2.33. The van der Waals surface area contributed by atoms with E-state index >= 15 is 0 Å². The fourth-order valence-electron chi connectivity index (χ4n) is 4.92. The van der Waals surface area contributed by atoms with Gasteiger partial charge >= 0.3 is 0 Å². The maximum atomic E-state index is 12.8. The first-order valence-corrected chi connectivity index (χ1v) is 12.1. The van der Waals surface area contributed by atoms with Crippen LogP contribution in [-0.2, 0) is 9.59 Å². The molecule has 0 radical (unpaired) electrons. The second-order valence-electron chi connectivity index (χ2n) is 9.81. The SMILES string of the molecule is CC(C)c1nc(N2CCC(NC(=O)C3CC(=O)N(C4CC4)C3)CC2)ncc1-c1ccncc1. The first-order valence-electron chi connectivity index (χ1n) is 12.1. The largest absolute Gasteiger partial charge is 0.353 e. The summed E-state index contributed by atoms with van der Waals surface area (Å²) in [5.74, 6) is 0.999. The van der Waals surface area contributed by atoms with Crippen LogP contribution in [0.25, 0.3) is 11.1 Å². The maximum Gasteiger partial charge on any atom is 0.225 e. The molecular formula is C25H32N6O2. The average molecular weight is 449 g/mol. The topological polar surface area (TPSA) is 91.3 Å². The Morgan fingerprint density at radius 1 is 1.12 bits per heavy atom. The van der Waals surface area contributed by atoms with Crippen molar-refractivity contribution in [2.45, 2.75) is 64.0 Å². The lowest BCUT2D eigenvalue weighted by Crippen LogP contribution is -2.47. The van der Waals surface area contributed by atoms with Crippen LogP contribution in [0, 0.1) is 5.92 Å². The lowest BCUT2D eigenvalue weighted by atomic mass is 10.00. The third kappa shape index (κ3) is 4.70. The number of piperidine rings is 1. The molecule has 1 atom stereocenters. The van der Waals surface area contributed by atoms with E-state index in [1.54, 1.807) is 12.4 Å². The Kier molecular flexibility index (Phi) is 6.00. The minimum atomic E-state index is -0.200. The summed E-state index contributed by atoms with van der Waals surface area (Å²) >= 11 is 0. The van der Waals surface area contributed by atoms with Gasteiger partial charge < -0.3 is 15.1 Å². The van der Waals surface area contributed by atoms with Crippen molar-refractivity contribution in [3.8, 4) is 11.1 Å². The second-order valence-corrected chi connectivity index (χ2v) is 9.81. The summed E-state index contributed by atoms with van der Waals surface area (Å²) < 4.78 is 0. The van der Waals surface area contributed by atoms with Gasteiger partial charge in [0.1, 0.15) is 0 Å². The van der Waals surface area contributed by atoms with Gasteiger partial charge in [0.05, 0.1) is 11.6 Å². The molecule has 2 aliphatic heterocycles. The maximum absolute atomic E-state index is 12.8. The van der Waals surface area contributed by atoms with Crippen LogP contribution in [0.5, 0.6) is 0 Å². The van der Waals surface area contributed by atoms with Crippen LogP contribution in [0.2, 0.25) is 0 Å². The van der Waals surface area contributed by atoms with E-state index in [2.05, 4.69) is 34.0 Å². The van der Waals surface area contributed by atoms with E-state index in [-0.39, 0.29) is 29.7 Å². The Bertz CT molecular complexity index is 1010. The van der Waals surface area contributed by atoms with E-state index in [1.807, 2.05) is 23.2 Å². The number of nitrogens with zero attached hydrogens (tertiary/aromatic N) is 5. The molecule has 0 aromatic carbocycles. The highest BCUT2D eigenvalue weighted by molar-refractivity contribution is 5.89. The van der Waals surface area contributed by atoms with E-state index in [0.717, 1.165) is 61.5 Å². The standard InChI is InChI=1S/C25H32N6O2/c1-16(2)23-21(17-5-9-26-10-6-17)14-27-25(29-23)30-11-7-19(8-12-30)28-24(33)18-13-22(32)31(15-18)20-3-4-20/h5-6,9-10,14,16,18-20H,3-4,7-8,11-13,15H2,1-2H3,(H,28,33). The quantitative estimate of drug-likeness (QED) is 0.731. The average Bonchev–Trinajstić information content (AvgIpc) is 3.60. The Labute approximate surface area is 194 Å². The van der Waals surface area contributed by atoms with Gasteiger partial charge in [-0.05, 0) is 49.3 Å². The minimum Gasteiger partial charge on any atom is -0.353 e. The van der Waals surface area contributed by atoms with Crippen molar-refractivity contribution in [2.75, 3.05) is 24.5 Å². The summed E-state index contributed by atoms with van der Waals surface area (Å²) in [4.78, 5) is 42.8. The second kappa shape index (κ2) is 9.08. The monoisotopic (exact) mass is 448 g/mol. The van der Waals surface area contributed by atoms with Crippen LogP contribution in [0.1, 0.15) is 57.6 Å². The van der Waals surface area contributed by atoms with E-state index in [9.17, 15) is 9.59 Å². The molecule has 2 aromatic heterocycles. The van der Waals surface area contributed by atoms with Gasteiger partial charge in [-0.25, -0.2) is 9.97 Å². The summed E-state index contributed by atoms with van der Waals surface area (Å²) in [5, 5.41) is 3.20. The molecule has 2 aromatic rings. The predicted molar refractivity (Wildman–Crippen MR) is 126 cm³/mol. The highest BCUT2D eigenvalue weighted by Crippen LogP contribution is 2.33. The van der Waals surface area contributed by atoms with Crippen LogP contribution in [0.15, 0.2) is 30.7 Å². The molecule has 0 spiro atoms. The van der Waals surface area contributed by atoms with Crippen molar-refractivity contribution < 1.29 is 9.59 Å². The number of hydrogen-bond donors (Lipinski definition) is 1. The fourth-order valence-corrected chi connectivity index (χ4v) is 4.92.